The summed E-state index contributed by atoms with van der Waals surface area (Å²) < 4.78 is 10.2. The Morgan fingerprint density at radius 1 is 1.24 bits per heavy atom. The lowest BCUT2D eigenvalue weighted by atomic mass is 10.1. The zero-order chi connectivity index (χ0) is 21.0. The van der Waals surface area contributed by atoms with Crippen molar-refractivity contribution in [1.29, 1.82) is 0 Å². The molecule has 2 aromatic carbocycles. The fourth-order valence-electron chi connectivity index (χ4n) is 2.70. The molecule has 0 bridgehead atoms. The molecular formula is C19H17N3O7. The number of anilines is 2. The number of esters is 1. The first kappa shape index (κ1) is 19.8. The van der Waals surface area contributed by atoms with E-state index in [1.54, 1.807) is 6.92 Å². The first-order valence-electron chi connectivity index (χ1n) is 8.68. The number of carbonyl (C=O) groups excluding carboxylic acids is 3. The SMILES string of the molecule is CCNc1ccc(C(=O)OCC(=O)c2ccc3c(c2)NC(=O)CO3)cc1[N+](=O)[O-]. The van der Waals surface area contributed by atoms with Crippen LogP contribution >= 0.6 is 0 Å². The number of nitrogens with one attached hydrogen (secondary N) is 2. The molecule has 29 heavy (non-hydrogen) atoms. The van der Waals surface area contributed by atoms with E-state index in [2.05, 4.69) is 10.6 Å². The number of nitro groups is 1. The van der Waals surface area contributed by atoms with Crippen molar-refractivity contribution in [2.45, 2.75) is 6.92 Å². The van der Waals surface area contributed by atoms with Gasteiger partial charge in [-0.3, -0.25) is 19.7 Å². The molecule has 3 rings (SSSR count). The zero-order valence-electron chi connectivity index (χ0n) is 15.4. The highest BCUT2D eigenvalue weighted by atomic mass is 16.6. The van der Waals surface area contributed by atoms with Gasteiger partial charge in [-0.25, -0.2) is 4.79 Å². The van der Waals surface area contributed by atoms with Crippen LogP contribution in [-0.2, 0) is 9.53 Å². The third-order valence-corrected chi connectivity index (χ3v) is 4.07. The summed E-state index contributed by atoms with van der Waals surface area (Å²) in [6.45, 7) is 1.60. The van der Waals surface area contributed by atoms with E-state index in [4.69, 9.17) is 9.47 Å². The molecule has 2 aromatic rings. The summed E-state index contributed by atoms with van der Waals surface area (Å²) in [5.41, 5.74) is 0.544. The van der Waals surface area contributed by atoms with Crippen molar-refractivity contribution in [3.63, 3.8) is 0 Å². The number of Topliss-reactive ketones (excluding diaryl/α,β-unsaturated/α-hetero) is 1. The Balaban J connectivity index is 1.68. The summed E-state index contributed by atoms with van der Waals surface area (Å²) in [5.74, 6) is -1.26. The van der Waals surface area contributed by atoms with E-state index in [0.29, 0.717) is 18.0 Å². The average Bonchev–Trinajstić information content (AvgIpc) is 2.71. The van der Waals surface area contributed by atoms with Gasteiger partial charge in [-0.1, -0.05) is 0 Å². The molecule has 1 amide bonds. The fourth-order valence-corrected chi connectivity index (χ4v) is 2.70. The molecular weight excluding hydrogens is 382 g/mol. The second-order valence-electron chi connectivity index (χ2n) is 6.07. The van der Waals surface area contributed by atoms with Crippen LogP contribution in [0.4, 0.5) is 17.1 Å². The van der Waals surface area contributed by atoms with Crippen molar-refractivity contribution in [3.05, 3.63) is 57.6 Å². The first-order valence-corrected chi connectivity index (χ1v) is 8.68. The van der Waals surface area contributed by atoms with Crippen molar-refractivity contribution in [2.75, 3.05) is 30.4 Å². The summed E-state index contributed by atoms with van der Waals surface area (Å²) in [6.07, 6.45) is 0. The van der Waals surface area contributed by atoms with E-state index < -0.39 is 23.3 Å². The Morgan fingerprint density at radius 3 is 2.72 bits per heavy atom. The third-order valence-electron chi connectivity index (χ3n) is 4.07. The Bertz CT molecular complexity index is 1000. The molecule has 0 spiro atoms. The fraction of sp³-hybridized carbons (Fsp3) is 0.211. The molecule has 10 nitrogen and oxygen atoms in total. The molecule has 10 heteroatoms. The highest BCUT2D eigenvalue weighted by Gasteiger charge is 2.21. The predicted molar refractivity (Wildman–Crippen MR) is 102 cm³/mol. The molecule has 0 atom stereocenters. The number of nitro benzene ring substituents is 1. The summed E-state index contributed by atoms with van der Waals surface area (Å²) >= 11 is 0. The minimum absolute atomic E-state index is 0.0442. The summed E-state index contributed by atoms with van der Waals surface area (Å²) in [6, 6.07) is 8.33. The minimum atomic E-state index is -0.862. The maximum atomic E-state index is 12.3. The lowest BCUT2D eigenvalue weighted by molar-refractivity contribution is -0.384. The quantitative estimate of drug-likeness (QED) is 0.313. The standard InChI is InChI=1S/C19H17N3O7/c1-2-20-13-5-3-12(8-15(13)22(26)27)19(25)29-9-16(23)11-4-6-17-14(7-11)21-18(24)10-28-17/h3-8,20H,2,9-10H2,1H3,(H,21,24). The van der Waals surface area contributed by atoms with Crippen LogP contribution in [0.15, 0.2) is 36.4 Å². The Kier molecular flexibility index (Phi) is 5.72. The van der Waals surface area contributed by atoms with Crippen LogP contribution in [0.3, 0.4) is 0 Å². The van der Waals surface area contributed by atoms with Crippen molar-refractivity contribution in [3.8, 4) is 5.75 Å². The molecule has 0 fully saturated rings. The number of hydrogen-bond acceptors (Lipinski definition) is 8. The Labute approximate surface area is 165 Å². The van der Waals surface area contributed by atoms with Crippen molar-refractivity contribution in [2.24, 2.45) is 0 Å². The van der Waals surface area contributed by atoms with Gasteiger partial charge < -0.3 is 20.1 Å². The minimum Gasteiger partial charge on any atom is -0.482 e. The predicted octanol–water partition coefficient (Wildman–Crippen LogP) is 2.40. The largest absolute Gasteiger partial charge is 0.482 e. The summed E-state index contributed by atoms with van der Waals surface area (Å²) in [5, 5.41) is 16.6. The van der Waals surface area contributed by atoms with E-state index in [1.807, 2.05) is 0 Å². The molecule has 150 valence electrons. The topological polar surface area (TPSA) is 137 Å². The van der Waals surface area contributed by atoms with Crippen LogP contribution in [0.5, 0.6) is 5.75 Å². The van der Waals surface area contributed by atoms with E-state index in [1.165, 1.54) is 30.3 Å². The number of carbonyl (C=O) groups is 3. The average molecular weight is 399 g/mol. The Morgan fingerprint density at radius 2 is 2.00 bits per heavy atom. The second-order valence-corrected chi connectivity index (χ2v) is 6.07. The van der Waals surface area contributed by atoms with E-state index >= 15 is 0 Å². The number of amides is 1. The normalized spacial score (nSPS) is 12.2. The van der Waals surface area contributed by atoms with Gasteiger partial charge in [0.1, 0.15) is 11.4 Å². The number of nitrogens with zero attached hydrogens (tertiary/aromatic N) is 1. The maximum absolute atomic E-state index is 12.3. The molecule has 0 unspecified atom stereocenters. The highest BCUT2D eigenvalue weighted by Crippen LogP contribution is 2.29. The number of ether oxygens (including phenoxy) is 2. The molecule has 0 aromatic heterocycles. The van der Waals surface area contributed by atoms with Gasteiger partial charge >= 0.3 is 5.97 Å². The van der Waals surface area contributed by atoms with Gasteiger partial charge in [0.05, 0.1) is 16.2 Å². The van der Waals surface area contributed by atoms with Crippen LogP contribution in [0.1, 0.15) is 27.6 Å². The highest BCUT2D eigenvalue weighted by molar-refractivity contribution is 6.02. The smallest absolute Gasteiger partial charge is 0.338 e. The number of rotatable bonds is 7. The van der Waals surface area contributed by atoms with Gasteiger partial charge in [0.15, 0.2) is 19.0 Å². The zero-order valence-corrected chi connectivity index (χ0v) is 15.4. The lowest BCUT2D eigenvalue weighted by Crippen LogP contribution is -2.25. The third kappa shape index (κ3) is 4.49. The van der Waals surface area contributed by atoms with Gasteiger partial charge in [0.25, 0.3) is 11.6 Å². The molecule has 0 saturated carbocycles. The lowest BCUT2D eigenvalue weighted by Gasteiger charge is -2.18. The Hall–Kier alpha value is -3.95. The van der Waals surface area contributed by atoms with Gasteiger partial charge in [-0.15, -0.1) is 0 Å². The summed E-state index contributed by atoms with van der Waals surface area (Å²) in [4.78, 5) is 46.5. The molecule has 2 N–H and O–H groups in total. The van der Waals surface area contributed by atoms with Gasteiger partial charge in [0.2, 0.25) is 0 Å². The maximum Gasteiger partial charge on any atom is 0.338 e. The molecule has 1 aliphatic heterocycles. The molecule has 0 aliphatic carbocycles. The number of ketones is 1. The van der Waals surface area contributed by atoms with Crippen LogP contribution in [-0.4, -0.2) is 42.3 Å². The van der Waals surface area contributed by atoms with Gasteiger partial charge in [-0.05, 0) is 37.3 Å². The van der Waals surface area contributed by atoms with E-state index in [0.717, 1.165) is 6.07 Å². The van der Waals surface area contributed by atoms with Gasteiger partial charge in [0, 0.05) is 18.2 Å². The van der Waals surface area contributed by atoms with Gasteiger partial charge in [-0.2, -0.15) is 0 Å². The van der Waals surface area contributed by atoms with Crippen LogP contribution in [0, 0.1) is 10.1 Å². The van der Waals surface area contributed by atoms with Crippen LogP contribution in [0.2, 0.25) is 0 Å². The van der Waals surface area contributed by atoms with E-state index in [-0.39, 0.29) is 35.0 Å². The van der Waals surface area contributed by atoms with Crippen LogP contribution in [0.25, 0.3) is 0 Å². The number of benzene rings is 2. The molecule has 1 aliphatic rings. The number of fused-ring (bicyclic) bond motifs is 1. The van der Waals surface area contributed by atoms with Crippen molar-refractivity contribution in [1.82, 2.24) is 0 Å². The molecule has 0 radical (unpaired) electrons. The van der Waals surface area contributed by atoms with Crippen molar-refractivity contribution < 1.29 is 28.8 Å². The monoisotopic (exact) mass is 399 g/mol. The molecule has 1 heterocycles. The van der Waals surface area contributed by atoms with Crippen LogP contribution < -0.4 is 15.4 Å². The van der Waals surface area contributed by atoms with Crippen molar-refractivity contribution >= 4 is 34.7 Å². The second kappa shape index (κ2) is 8.38. The van der Waals surface area contributed by atoms with E-state index in [9.17, 15) is 24.5 Å². The first-order chi connectivity index (χ1) is 13.9. The molecule has 0 saturated heterocycles. The number of hydrogen-bond donors (Lipinski definition) is 2. The summed E-state index contributed by atoms with van der Waals surface area (Å²) in [7, 11) is 0.